The Morgan fingerprint density at radius 1 is 1.05 bits per heavy atom. The van der Waals surface area contributed by atoms with Gasteiger partial charge in [0.25, 0.3) is 0 Å². The molecule has 2 aliphatic rings. The van der Waals surface area contributed by atoms with Crippen LogP contribution in [0.2, 0.25) is 0 Å². The number of amides is 1. The number of carbonyl (C=O) groups is 1. The number of carbonyl (C=O) groups excluding carboxylic acids is 1. The Bertz CT molecular complexity index is 334. The summed E-state index contributed by atoms with van der Waals surface area (Å²) in [5.41, 5.74) is -0.252. The van der Waals surface area contributed by atoms with Crippen molar-refractivity contribution in [2.24, 2.45) is 17.3 Å². The molecule has 0 aromatic heterocycles. The maximum Gasteiger partial charge on any atom is 0.227 e. The van der Waals surface area contributed by atoms with Crippen molar-refractivity contribution in [3.63, 3.8) is 0 Å². The molecule has 0 bridgehead atoms. The van der Waals surface area contributed by atoms with E-state index in [-0.39, 0.29) is 11.3 Å². The molecule has 0 spiro atoms. The standard InChI is InChI=1S/C18H34N2O/c1-18(2,3)17(21)19(4)13-16-9-11-20(12-10-16)14-15-7-5-6-8-15/h15-16H,5-14H2,1-4H3. The molecule has 122 valence electrons. The van der Waals surface area contributed by atoms with Gasteiger partial charge in [-0.3, -0.25) is 4.79 Å². The van der Waals surface area contributed by atoms with Crippen LogP contribution in [0.4, 0.5) is 0 Å². The second-order valence-corrected chi connectivity index (χ2v) is 8.33. The molecular formula is C18H34N2O. The van der Waals surface area contributed by atoms with E-state index >= 15 is 0 Å². The molecule has 1 amide bonds. The second kappa shape index (κ2) is 7.13. The lowest BCUT2D eigenvalue weighted by Crippen LogP contribution is -2.43. The van der Waals surface area contributed by atoms with E-state index in [1.54, 1.807) is 0 Å². The van der Waals surface area contributed by atoms with Crippen LogP contribution in [0.25, 0.3) is 0 Å². The maximum absolute atomic E-state index is 12.2. The zero-order valence-electron chi connectivity index (χ0n) is 14.5. The van der Waals surface area contributed by atoms with Crippen molar-refractivity contribution >= 4 is 5.91 Å². The summed E-state index contributed by atoms with van der Waals surface area (Å²) in [5.74, 6) is 1.93. The van der Waals surface area contributed by atoms with Gasteiger partial charge in [0.15, 0.2) is 0 Å². The Kier molecular flexibility index (Phi) is 5.70. The number of nitrogens with zero attached hydrogens (tertiary/aromatic N) is 2. The van der Waals surface area contributed by atoms with E-state index in [9.17, 15) is 4.79 Å². The molecule has 2 rings (SSSR count). The topological polar surface area (TPSA) is 23.6 Å². The molecule has 0 atom stereocenters. The molecule has 0 aromatic carbocycles. The van der Waals surface area contributed by atoms with Crippen LogP contribution in [-0.2, 0) is 4.79 Å². The van der Waals surface area contributed by atoms with Crippen LogP contribution in [0.3, 0.4) is 0 Å². The Morgan fingerprint density at radius 3 is 2.14 bits per heavy atom. The third-order valence-corrected chi connectivity index (χ3v) is 5.22. The Hall–Kier alpha value is -0.570. The van der Waals surface area contributed by atoms with Gasteiger partial charge >= 0.3 is 0 Å². The lowest BCUT2D eigenvalue weighted by Gasteiger charge is -2.36. The Balaban J connectivity index is 1.70. The van der Waals surface area contributed by atoms with Crippen LogP contribution in [0.15, 0.2) is 0 Å². The molecule has 0 aromatic rings. The van der Waals surface area contributed by atoms with Crippen LogP contribution < -0.4 is 0 Å². The summed E-state index contributed by atoms with van der Waals surface area (Å²) in [6.07, 6.45) is 8.30. The highest BCUT2D eigenvalue weighted by atomic mass is 16.2. The molecular weight excluding hydrogens is 260 g/mol. The normalized spacial score (nSPS) is 22.7. The molecule has 1 heterocycles. The smallest absolute Gasteiger partial charge is 0.227 e. The minimum absolute atomic E-state index is 0.252. The average Bonchev–Trinajstić information content (AvgIpc) is 2.92. The van der Waals surface area contributed by atoms with E-state index < -0.39 is 0 Å². The summed E-state index contributed by atoms with van der Waals surface area (Å²) in [6, 6.07) is 0. The number of hydrogen-bond acceptors (Lipinski definition) is 2. The van der Waals surface area contributed by atoms with Gasteiger partial charge in [0.2, 0.25) is 5.91 Å². The molecule has 2 fully saturated rings. The van der Waals surface area contributed by atoms with Crippen molar-refractivity contribution < 1.29 is 4.79 Å². The summed E-state index contributed by atoms with van der Waals surface area (Å²) in [7, 11) is 1.97. The summed E-state index contributed by atoms with van der Waals surface area (Å²) >= 11 is 0. The lowest BCUT2D eigenvalue weighted by molar-refractivity contribution is -0.138. The fraction of sp³-hybridized carbons (Fsp3) is 0.944. The van der Waals surface area contributed by atoms with E-state index in [0.717, 1.165) is 12.5 Å². The molecule has 1 saturated heterocycles. The van der Waals surface area contributed by atoms with Gasteiger partial charge in [-0.2, -0.15) is 0 Å². The summed E-state index contributed by atoms with van der Waals surface area (Å²) < 4.78 is 0. The van der Waals surface area contributed by atoms with Crippen LogP contribution in [0.5, 0.6) is 0 Å². The highest BCUT2D eigenvalue weighted by Crippen LogP contribution is 2.28. The van der Waals surface area contributed by atoms with Crippen LogP contribution in [-0.4, -0.2) is 48.9 Å². The Morgan fingerprint density at radius 2 is 1.62 bits per heavy atom. The van der Waals surface area contributed by atoms with Crippen molar-refractivity contribution in [2.45, 2.75) is 59.3 Å². The van der Waals surface area contributed by atoms with Gasteiger partial charge in [0.1, 0.15) is 0 Å². The first kappa shape index (κ1) is 16.8. The lowest BCUT2D eigenvalue weighted by atomic mass is 9.92. The van der Waals surface area contributed by atoms with Crippen LogP contribution in [0.1, 0.15) is 59.3 Å². The van der Waals surface area contributed by atoms with Crippen LogP contribution in [0, 0.1) is 17.3 Å². The van der Waals surface area contributed by atoms with Crippen molar-refractivity contribution in [1.29, 1.82) is 0 Å². The molecule has 0 unspecified atom stereocenters. The number of piperidine rings is 1. The average molecular weight is 294 g/mol. The van der Waals surface area contributed by atoms with Crippen molar-refractivity contribution in [1.82, 2.24) is 9.80 Å². The highest BCUT2D eigenvalue weighted by molar-refractivity contribution is 5.81. The van der Waals surface area contributed by atoms with E-state index in [2.05, 4.69) is 4.90 Å². The fourth-order valence-corrected chi connectivity index (χ4v) is 3.95. The maximum atomic E-state index is 12.2. The quantitative estimate of drug-likeness (QED) is 0.793. The SMILES string of the molecule is CN(CC1CCN(CC2CCCC2)CC1)C(=O)C(C)(C)C. The first-order valence-electron chi connectivity index (χ1n) is 8.84. The molecule has 21 heavy (non-hydrogen) atoms. The van der Waals surface area contributed by atoms with Gasteiger partial charge in [-0.05, 0) is 50.6 Å². The second-order valence-electron chi connectivity index (χ2n) is 8.33. The zero-order chi connectivity index (χ0) is 15.5. The third kappa shape index (κ3) is 4.98. The number of rotatable bonds is 4. The highest BCUT2D eigenvalue weighted by Gasteiger charge is 2.28. The molecule has 1 aliphatic heterocycles. The van der Waals surface area contributed by atoms with Crippen LogP contribution >= 0.6 is 0 Å². The summed E-state index contributed by atoms with van der Waals surface area (Å²) in [4.78, 5) is 16.9. The fourth-order valence-electron chi connectivity index (χ4n) is 3.95. The minimum Gasteiger partial charge on any atom is -0.345 e. The first-order chi connectivity index (χ1) is 9.86. The molecule has 0 N–H and O–H groups in total. The van der Waals surface area contributed by atoms with Gasteiger partial charge in [-0.15, -0.1) is 0 Å². The van der Waals surface area contributed by atoms with Gasteiger partial charge in [0, 0.05) is 25.6 Å². The van der Waals surface area contributed by atoms with E-state index in [0.29, 0.717) is 5.92 Å². The predicted octanol–water partition coefficient (Wildman–Crippen LogP) is 3.39. The van der Waals surface area contributed by atoms with Gasteiger partial charge < -0.3 is 9.80 Å². The van der Waals surface area contributed by atoms with Crippen molar-refractivity contribution in [3.8, 4) is 0 Å². The predicted molar refractivity (Wildman–Crippen MR) is 88.2 cm³/mol. The largest absolute Gasteiger partial charge is 0.345 e. The zero-order valence-corrected chi connectivity index (χ0v) is 14.5. The molecule has 3 heteroatoms. The summed E-state index contributed by atoms with van der Waals surface area (Å²) in [6.45, 7) is 10.8. The van der Waals surface area contributed by atoms with E-state index in [4.69, 9.17) is 0 Å². The van der Waals surface area contributed by atoms with E-state index in [1.165, 1.54) is 58.2 Å². The number of likely N-dealkylation sites (tertiary alicyclic amines) is 1. The van der Waals surface area contributed by atoms with Gasteiger partial charge in [-0.1, -0.05) is 33.6 Å². The van der Waals surface area contributed by atoms with Gasteiger partial charge in [0.05, 0.1) is 0 Å². The third-order valence-electron chi connectivity index (χ3n) is 5.22. The van der Waals surface area contributed by atoms with Gasteiger partial charge in [-0.25, -0.2) is 0 Å². The first-order valence-corrected chi connectivity index (χ1v) is 8.84. The number of hydrogen-bond donors (Lipinski definition) is 0. The summed E-state index contributed by atoms with van der Waals surface area (Å²) in [5, 5.41) is 0. The molecule has 0 radical (unpaired) electrons. The van der Waals surface area contributed by atoms with Crippen molar-refractivity contribution in [3.05, 3.63) is 0 Å². The van der Waals surface area contributed by atoms with Crippen molar-refractivity contribution in [2.75, 3.05) is 33.2 Å². The Labute approximate surface area is 131 Å². The monoisotopic (exact) mass is 294 g/mol. The molecule has 3 nitrogen and oxygen atoms in total. The molecule has 1 saturated carbocycles. The van der Waals surface area contributed by atoms with E-state index in [1.807, 2.05) is 32.7 Å². The molecule has 1 aliphatic carbocycles. The minimum atomic E-state index is -0.252.